The lowest BCUT2D eigenvalue weighted by atomic mass is 10.2. The number of benzene rings is 1. The second kappa shape index (κ2) is 8.52. The molecule has 0 aliphatic rings. The van der Waals surface area contributed by atoms with Crippen molar-refractivity contribution in [2.24, 2.45) is 0 Å². The van der Waals surface area contributed by atoms with Gasteiger partial charge in [-0.3, -0.25) is 10.1 Å². The van der Waals surface area contributed by atoms with Crippen LogP contribution in [0.25, 0.3) is 0 Å². The van der Waals surface area contributed by atoms with Crippen LogP contribution in [0.1, 0.15) is 6.92 Å². The highest BCUT2D eigenvalue weighted by atomic mass is 35.5. The summed E-state index contributed by atoms with van der Waals surface area (Å²) >= 11 is 0. The van der Waals surface area contributed by atoms with Crippen molar-refractivity contribution in [2.75, 3.05) is 25.4 Å². The molecule has 19 heavy (non-hydrogen) atoms. The summed E-state index contributed by atoms with van der Waals surface area (Å²) < 4.78 is 5.26. The van der Waals surface area contributed by atoms with Crippen LogP contribution >= 0.6 is 12.4 Å². The van der Waals surface area contributed by atoms with Crippen LogP contribution in [0.2, 0.25) is 0 Å². The average Bonchev–Trinajstić information content (AvgIpc) is 2.35. The predicted octanol–water partition coefficient (Wildman–Crippen LogP) is 0.948. The summed E-state index contributed by atoms with van der Waals surface area (Å²) in [6.45, 7) is 3.16. The summed E-state index contributed by atoms with van der Waals surface area (Å²) in [4.78, 5) is 10.1. The monoisotopic (exact) mass is 291 g/mol. The van der Waals surface area contributed by atoms with Gasteiger partial charge in [-0.2, -0.15) is 0 Å². The summed E-state index contributed by atoms with van der Waals surface area (Å²) in [5.41, 5.74) is 5.34. The Hall–Kier alpha value is -1.57. The molecule has 7 nitrogen and oxygen atoms in total. The number of anilines is 1. The Morgan fingerprint density at radius 1 is 1.58 bits per heavy atom. The first-order valence-electron chi connectivity index (χ1n) is 5.60. The molecular weight excluding hydrogens is 274 g/mol. The van der Waals surface area contributed by atoms with Gasteiger partial charge in [0, 0.05) is 6.54 Å². The largest absolute Gasteiger partial charge is 0.491 e. The molecule has 0 amide bonds. The number of aliphatic hydroxyl groups excluding tert-OH is 1. The molecule has 0 aliphatic carbocycles. The third kappa shape index (κ3) is 5.73. The Morgan fingerprint density at radius 2 is 2.26 bits per heavy atom. The molecule has 1 atom stereocenters. The van der Waals surface area contributed by atoms with E-state index < -0.39 is 11.0 Å². The normalized spacial score (nSPS) is 11.5. The number of nitrogens with zero attached hydrogens (tertiary/aromatic N) is 1. The number of nitro groups is 1. The number of halogens is 1. The van der Waals surface area contributed by atoms with Crippen molar-refractivity contribution in [2.45, 2.75) is 13.0 Å². The molecule has 1 aromatic rings. The van der Waals surface area contributed by atoms with Crippen molar-refractivity contribution < 1.29 is 14.8 Å². The lowest BCUT2D eigenvalue weighted by Crippen LogP contribution is -2.31. The minimum absolute atomic E-state index is 0. The van der Waals surface area contributed by atoms with Crippen molar-refractivity contribution in [3.8, 4) is 5.75 Å². The molecule has 1 rings (SSSR count). The molecule has 0 radical (unpaired) electrons. The van der Waals surface area contributed by atoms with E-state index in [2.05, 4.69) is 5.32 Å². The van der Waals surface area contributed by atoms with E-state index in [-0.39, 0.29) is 30.4 Å². The second-order valence-corrected chi connectivity index (χ2v) is 3.75. The first-order chi connectivity index (χ1) is 8.54. The molecule has 0 aromatic heterocycles. The van der Waals surface area contributed by atoms with Crippen molar-refractivity contribution in [3.63, 3.8) is 0 Å². The van der Waals surface area contributed by atoms with E-state index in [1.54, 1.807) is 0 Å². The van der Waals surface area contributed by atoms with Gasteiger partial charge in [-0.1, -0.05) is 6.92 Å². The van der Waals surface area contributed by atoms with Crippen molar-refractivity contribution in [3.05, 3.63) is 28.3 Å². The molecule has 108 valence electrons. The Morgan fingerprint density at radius 3 is 2.84 bits per heavy atom. The lowest BCUT2D eigenvalue weighted by molar-refractivity contribution is -0.384. The maximum atomic E-state index is 10.7. The number of nitrogens with two attached hydrogens (primary N) is 1. The number of ether oxygens (including phenoxy) is 1. The van der Waals surface area contributed by atoms with E-state index in [9.17, 15) is 15.2 Å². The van der Waals surface area contributed by atoms with Crippen LogP contribution in [0, 0.1) is 10.1 Å². The Kier molecular flexibility index (Phi) is 7.81. The van der Waals surface area contributed by atoms with Crippen LogP contribution in [-0.2, 0) is 0 Å². The smallest absolute Gasteiger partial charge is 0.295 e. The number of nitro benzene ring substituents is 1. The quantitative estimate of drug-likeness (QED) is 0.392. The molecule has 0 heterocycles. The Bertz CT molecular complexity index is 417. The summed E-state index contributed by atoms with van der Waals surface area (Å²) in [5, 5.41) is 23.2. The van der Waals surface area contributed by atoms with Crippen LogP contribution in [0.15, 0.2) is 18.2 Å². The van der Waals surface area contributed by atoms with Crippen LogP contribution in [0.4, 0.5) is 11.4 Å². The van der Waals surface area contributed by atoms with Gasteiger partial charge in [-0.25, -0.2) is 0 Å². The van der Waals surface area contributed by atoms with E-state index in [0.29, 0.717) is 12.3 Å². The van der Waals surface area contributed by atoms with Crippen LogP contribution in [0.3, 0.4) is 0 Å². The summed E-state index contributed by atoms with van der Waals surface area (Å²) in [6.07, 6.45) is -0.665. The van der Waals surface area contributed by atoms with E-state index in [4.69, 9.17) is 10.5 Å². The number of aliphatic hydroxyl groups is 1. The van der Waals surface area contributed by atoms with Gasteiger partial charge in [0.1, 0.15) is 24.1 Å². The molecule has 1 unspecified atom stereocenters. The van der Waals surface area contributed by atoms with Crippen molar-refractivity contribution in [1.82, 2.24) is 5.32 Å². The topological polar surface area (TPSA) is 111 Å². The van der Waals surface area contributed by atoms with Crippen LogP contribution < -0.4 is 15.8 Å². The van der Waals surface area contributed by atoms with Crippen molar-refractivity contribution in [1.29, 1.82) is 0 Å². The molecule has 1 aromatic carbocycles. The minimum atomic E-state index is -0.665. The fraction of sp³-hybridized carbons (Fsp3) is 0.455. The molecule has 0 fully saturated rings. The third-order valence-corrected chi connectivity index (χ3v) is 2.27. The SMILES string of the molecule is CCNCC(O)COc1ccc(N)c([N+](=O)[O-])c1.Cl. The zero-order valence-electron chi connectivity index (χ0n) is 10.5. The molecule has 0 saturated heterocycles. The lowest BCUT2D eigenvalue weighted by Gasteiger charge is -2.12. The number of likely N-dealkylation sites (N-methyl/N-ethyl adjacent to an activating group) is 1. The maximum absolute atomic E-state index is 10.7. The second-order valence-electron chi connectivity index (χ2n) is 3.75. The zero-order valence-corrected chi connectivity index (χ0v) is 11.4. The van der Waals surface area contributed by atoms with Gasteiger partial charge in [-0.05, 0) is 18.7 Å². The fourth-order valence-corrected chi connectivity index (χ4v) is 1.33. The summed E-state index contributed by atoms with van der Waals surface area (Å²) in [5.74, 6) is 0.312. The van der Waals surface area contributed by atoms with Crippen LogP contribution in [0.5, 0.6) is 5.75 Å². The highest BCUT2D eigenvalue weighted by molar-refractivity contribution is 5.85. The van der Waals surface area contributed by atoms with Gasteiger partial charge >= 0.3 is 0 Å². The highest BCUT2D eigenvalue weighted by Gasteiger charge is 2.13. The zero-order chi connectivity index (χ0) is 13.5. The Labute approximate surface area is 117 Å². The van der Waals surface area contributed by atoms with Gasteiger partial charge in [-0.15, -0.1) is 12.4 Å². The number of hydrogen-bond donors (Lipinski definition) is 3. The maximum Gasteiger partial charge on any atom is 0.295 e. The van der Waals surface area contributed by atoms with E-state index >= 15 is 0 Å². The van der Waals surface area contributed by atoms with Gasteiger partial charge in [0.05, 0.1) is 11.0 Å². The van der Waals surface area contributed by atoms with E-state index in [0.717, 1.165) is 6.54 Å². The standard InChI is InChI=1S/C11H17N3O4.ClH/c1-2-13-6-8(15)7-18-9-3-4-10(12)11(5-9)14(16)17;/h3-5,8,13,15H,2,6-7,12H2,1H3;1H. The Balaban J connectivity index is 0.00000324. The molecular formula is C11H18ClN3O4. The highest BCUT2D eigenvalue weighted by Crippen LogP contribution is 2.26. The summed E-state index contributed by atoms with van der Waals surface area (Å²) in [6, 6.07) is 4.18. The molecule has 0 saturated carbocycles. The number of nitrogens with one attached hydrogen (secondary N) is 1. The third-order valence-electron chi connectivity index (χ3n) is 2.27. The van der Waals surface area contributed by atoms with Gasteiger partial charge in [0.2, 0.25) is 0 Å². The van der Waals surface area contributed by atoms with Gasteiger partial charge in [0.25, 0.3) is 5.69 Å². The number of rotatable bonds is 7. The van der Waals surface area contributed by atoms with E-state index in [1.807, 2.05) is 6.92 Å². The fourth-order valence-electron chi connectivity index (χ4n) is 1.33. The summed E-state index contributed by atoms with van der Waals surface area (Å²) in [7, 11) is 0. The minimum Gasteiger partial charge on any atom is -0.491 e. The molecule has 0 spiro atoms. The van der Waals surface area contributed by atoms with E-state index in [1.165, 1.54) is 18.2 Å². The van der Waals surface area contributed by atoms with Gasteiger partial charge < -0.3 is 20.9 Å². The molecule has 0 aliphatic heterocycles. The molecule has 4 N–H and O–H groups in total. The predicted molar refractivity (Wildman–Crippen MR) is 74.8 cm³/mol. The number of hydrogen-bond acceptors (Lipinski definition) is 6. The molecule has 0 bridgehead atoms. The first-order valence-corrected chi connectivity index (χ1v) is 5.60. The number of nitrogen functional groups attached to an aromatic ring is 1. The van der Waals surface area contributed by atoms with Crippen molar-refractivity contribution >= 4 is 23.8 Å². The van der Waals surface area contributed by atoms with Gasteiger partial charge in [0.15, 0.2) is 0 Å². The first kappa shape index (κ1) is 17.4. The van der Waals surface area contributed by atoms with Crippen LogP contribution in [-0.4, -0.2) is 35.8 Å². The average molecular weight is 292 g/mol. The molecule has 8 heteroatoms.